The highest BCUT2D eigenvalue weighted by atomic mass is 16.6. The Morgan fingerprint density at radius 2 is 2.29 bits per heavy atom. The topological polar surface area (TPSA) is 26.3 Å². The molecule has 0 radical (unpaired) electrons. The second kappa shape index (κ2) is 3.34. The van der Waals surface area contributed by atoms with Crippen molar-refractivity contribution in [2.24, 2.45) is 11.3 Å². The van der Waals surface area contributed by atoms with Crippen LogP contribution in [0.1, 0.15) is 33.1 Å². The molecule has 2 aliphatic carbocycles. The van der Waals surface area contributed by atoms with Crippen LogP contribution in [0.4, 0.5) is 0 Å². The van der Waals surface area contributed by atoms with Crippen molar-refractivity contribution in [2.75, 3.05) is 0 Å². The predicted octanol–water partition coefficient (Wildman–Crippen LogP) is 3.16. The number of ether oxygens (including phenoxy) is 1. The van der Waals surface area contributed by atoms with Gasteiger partial charge in [-0.1, -0.05) is 31.2 Å². The number of allylic oxidation sites excluding steroid dienone is 3. The van der Waals surface area contributed by atoms with Gasteiger partial charge in [-0.3, -0.25) is 0 Å². The van der Waals surface area contributed by atoms with Crippen molar-refractivity contribution < 1.29 is 9.53 Å². The first-order chi connectivity index (χ1) is 8.01. The van der Waals surface area contributed by atoms with Crippen molar-refractivity contribution in [2.45, 2.75) is 39.2 Å². The fourth-order valence-electron chi connectivity index (χ4n) is 3.52. The molecule has 0 aromatic heterocycles. The van der Waals surface area contributed by atoms with E-state index in [0.717, 1.165) is 19.3 Å². The van der Waals surface area contributed by atoms with E-state index >= 15 is 0 Å². The third kappa shape index (κ3) is 1.43. The lowest BCUT2D eigenvalue weighted by Crippen LogP contribution is -2.35. The number of carbonyl (C=O) groups excluding carboxylic acids is 1. The van der Waals surface area contributed by atoms with Gasteiger partial charge in [0.25, 0.3) is 0 Å². The van der Waals surface area contributed by atoms with Gasteiger partial charge in [-0.2, -0.15) is 0 Å². The molecule has 3 rings (SSSR count). The van der Waals surface area contributed by atoms with Gasteiger partial charge in [-0.15, -0.1) is 0 Å². The van der Waals surface area contributed by atoms with Crippen LogP contribution in [0.2, 0.25) is 0 Å². The summed E-state index contributed by atoms with van der Waals surface area (Å²) in [7, 11) is 0. The molecule has 0 N–H and O–H groups in total. The van der Waals surface area contributed by atoms with Crippen LogP contribution < -0.4 is 0 Å². The summed E-state index contributed by atoms with van der Waals surface area (Å²) in [6.07, 6.45) is 7.78. The van der Waals surface area contributed by atoms with E-state index in [2.05, 4.69) is 32.6 Å². The summed E-state index contributed by atoms with van der Waals surface area (Å²) < 4.78 is 5.42. The Kier molecular flexibility index (Phi) is 2.13. The van der Waals surface area contributed by atoms with Gasteiger partial charge in [0.2, 0.25) is 0 Å². The number of rotatable bonds is 0. The summed E-state index contributed by atoms with van der Waals surface area (Å²) in [6, 6.07) is 0. The van der Waals surface area contributed by atoms with Crippen LogP contribution in [0.25, 0.3) is 0 Å². The monoisotopic (exact) mass is 230 g/mol. The quantitative estimate of drug-likeness (QED) is 0.472. The predicted molar refractivity (Wildman–Crippen MR) is 66.3 cm³/mol. The van der Waals surface area contributed by atoms with Gasteiger partial charge < -0.3 is 4.74 Å². The Hall–Kier alpha value is -1.31. The zero-order valence-corrected chi connectivity index (χ0v) is 10.5. The molecule has 1 saturated heterocycles. The van der Waals surface area contributed by atoms with Crippen molar-refractivity contribution in [3.63, 3.8) is 0 Å². The second-order valence-electron chi connectivity index (χ2n) is 5.77. The first kappa shape index (κ1) is 10.8. The van der Waals surface area contributed by atoms with Crippen LogP contribution in [0.3, 0.4) is 0 Å². The molecule has 3 aliphatic rings. The van der Waals surface area contributed by atoms with Gasteiger partial charge in [-0.25, -0.2) is 4.79 Å². The number of carbonyl (C=O) groups is 1. The highest BCUT2D eigenvalue weighted by Gasteiger charge is 2.47. The Morgan fingerprint density at radius 1 is 1.53 bits per heavy atom. The molecular formula is C15H18O2. The molecule has 1 fully saturated rings. The van der Waals surface area contributed by atoms with Gasteiger partial charge in [0.05, 0.1) is 0 Å². The molecule has 0 aromatic rings. The zero-order chi connectivity index (χ0) is 12.2. The summed E-state index contributed by atoms with van der Waals surface area (Å²) in [5, 5.41) is 0. The molecule has 0 spiro atoms. The van der Waals surface area contributed by atoms with Crippen molar-refractivity contribution in [1.82, 2.24) is 0 Å². The van der Waals surface area contributed by atoms with Gasteiger partial charge in [0.15, 0.2) is 0 Å². The maximum atomic E-state index is 11.6. The summed E-state index contributed by atoms with van der Waals surface area (Å²) in [5.41, 5.74) is 3.59. The van der Waals surface area contributed by atoms with E-state index in [4.69, 9.17) is 4.74 Å². The molecule has 2 nitrogen and oxygen atoms in total. The molecule has 17 heavy (non-hydrogen) atoms. The molecule has 1 aliphatic heterocycles. The van der Waals surface area contributed by atoms with E-state index < -0.39 is 0 Å². The van der Waals surface area contributed by atoms with E-state index in [1.54, 1.807) is 0 Å². The maximum Gasteiger partial charge on any atom is 0.334 e. The summed E-state index contributed by atoms with van der Waals surface area (Å²) in [5.74, 6) is -0.104. The van der Waals surface area contributed by atoms with Crippen LogP contribution in [0.15, 0.2) is 35.5 Å². The van der Waals surface area contributed by atoms with Crippen molar-refractivity contribution in [3.8, 4) is 0 Å². The number of esters is 1. The van der Waals surface area contributed by atoms with E-state index in [9.17, 15) is 4.79 Å². The van der Waals surface area contributed by atoms with Crippen molar-refractivity contribution in [3.05, 3.63) is 35.5 Å². The van der Waals surface area contributed by atoms with E-state index in [0.29, 0.717) is 5.57 Å². The van der Waals surface area contributed by atoms with Gasteiger partial charge >= 0.3 is 5.97 Å². The average molecular weight is 230 g/mol. The first-order valence-electron chi connectivity index (χ1n) is 6.30. The minimum Gasteiger partial charge on any atom is -0.458 e. The number of fused-ring (bicyclic) bond motifs is 2. The maximum absolute atomic E-state index is 11.6. The molecule has 0 saturated carbocycles. The van der Waals surface area contributed by atoms with E-state index in [1.165, 1.54) is 11.1 Å². The second-order valence-corrected chi connectivity index (χ2v) is 5.77. The zero-order valence-electron chi connectivity index (χ0n) is 10.5. The third-order valence-corrected chi connectivity index (χ3v) is 4.54. The normalized spacial score (nSPS) is 40.1. The van der Waals surface area contributed by atoms with E-state index in [-0.39, 0.29) is 23.4 Å². The molecule has 1 heterocycles. The fourth-order valence-corrected chi connectivity index (χ4v) is 3.52. The van der Waals surface area contributed by atoms with Crippen molar-refractivity contribution >= 4 is 5.97 Å². The minimum atomic E-state index is -0.208. The molecular weight excluding hydrogens is 212 g/mol. The average Bonchev–Trinajstić information content (AvgIpc) is 2.52. The van der Waals surface area contributed by atoms with Crippen LogP contribution >= 0.6 is 0 Å². The SMILES string of the molecule is C=C1C(=O)OC2CC3(C)CCC=C(C)C3=CC12. The molecule has 0 bridgehead atoms. The highest BCUT2D eigenvalue weighted by molar-refractivity contribution is 5.91. The molecule has 90 valence electrons. The molecule has 3 atom stereocenters. The largest absolute Gasteiger partial charge is 0.458 e. The molecule has 3 unspecified atom stereocenters. The van der Waals surface area contributed by atoms with Crippen LogP contribution in [0, 0.1) is 11.3 Å². The third-order valence-electron chi connectivity index (χ3n) is 4.54. The highest BCUT2D eigenvalue weighted by Crippen LogP contribution is 2.51. The Morgan fingerprint density at radius 3 is 3.06 bits per heavy atom. The standard InChI is InChI=1S/C15H18O2/c1-9-5-4-6-15(3)8-13-11(7-12(9)15)10(2)14(16)17-13/h5,7,11,13H,2,4,6,8H2,1,3H3. The van der Waals surface area contributed by atoms with Crippen LogP contribution in [-0.4, -0.2) is 12.1 Å². The Bertz CT molecular complexity index is 469. The van der Waals surface area contributed by atoms with Crippen LogP contribution in [-0.2, 0) is 9.53 Å². The lowest BCUT2D eigenvalue weighted by Gasteiger charge is -2.42. The Balaban J connectivity index is 2.06. The van der Waals surface area contributed by atoms with Crippen molar-refractivity contribution in [1.29, 1.82) is 0 Å². The smallest absolute Gasteiger partial charge is 0.334 e. The van der Waals surface area contributed by atoms with E-state index in [1.807, 2.05) is 0 Å². The fraction of sp³-hybridized carbons (Fsp3) is 0.533. The lowest BCUT2D eigenvalue weighted by atomic mass is 9.63. The molecule has 2 heteroatoms. The summed E-state index contributed by atoms with van der Waals surface area (Å²) in [4.78, 5) is 11.6. The Labute approximate surface area is 102 Å². The van der Waals surface area contributed by atoms with Gasteiger partial charge in [-0.05, 0) is 37.2 Å². The lowest BCUT2D eigenvalue weighted by molar-refractivity contribution is -0.140. The molecule has 0 aromatic carbocycles. The molecule has 0 amide bonds. The first-order valence-corrected chi connectivity index (χ1v) is 6.30. The minimum absolute atomic E-state index is 0.0228. The number of hydrogen-bond donors (Lipinski definition) is 0. The number of hydrogen-bond acceptors (Lipinski definition) is 2. The van der Waals surface area contributed by atoms with Gasteiger partial charge in [0.1, 0.15) is 6.10 Å². The van der Waals surface area contributed by atoms with Crippen LogP contribution in [0.5, 0.6) is 0 Å². The van der Waals surface area contributed by atoms with Gasteiger partial charge in [0, 0.05) is 11.5 Å². The summed E-state index contributed by atoms with van der Waals surface area (Å²) >= 11 is 0. The summed E-state index contributed by atoms with van der Waals surface area (Å²) in [6.45, 7) is 8.33.